The van der Waals surface area contributed by atoms with Crippen molar-refractivity contribution >= 4 is 22.7 Å². The molecule has 2 saturated heterocycles. The van der Waals surface area contributed by atoms with Crippen molar-refractivity contribution in [3.8, 4) is 11.5 Å². The van der Waals surface area contributed by atoms with Crippen molar-refractivity contribution in [3.05, 3.63) is 59.3 Å². The summed E-state index contributed by atoms with van der Waals surface area (Å²) in [4.78, 5) is 34.9. The molecule has 6 rings (SSSR count). The van der Waals surface area contributed by atoms with E-state index in [9.17, 15) is 9.59 Å². The van der Waals surface area contributed by atoms with E-state index in [4.69, 9.17) is 14.2 Å². The predicted molar refractivity (Wildman–Crippen MR) is 144 cm³/mol. The van der Waals surface area contributed by atoms with E-state index in [-0.39, 0.29) is 30.4 Å². The van der Waals surface area contributed by atoms with Gasteiger partial charge < -0.3 is 29.0 Å². The number of H-pyrrole nitrogens is 1. The van der Waals surface area contributed by atoms with E-state index in [1.165, 1.54) is 0 Å². The van der Waals surface area contributed by atoms with Gasteiger partial charge in [-0.15, -0.1) is 0 Å². The number of nitrogens with one attached hydrogen (secondary N) is 1. The van der Waals surface area contributed by atoms with Crippen LogP contribution in [0.3, 0.4) is 0 Å². The Kier molecular flexibility index (Phi) is 6.30. The van der Waals surface area contributed by atoms with E-state index in [0.29, 0.717) is 37.8 Å². The van der Waals surface area contributed by atoms with Gasteiger partial charge in [-0.05, 0) is 55.5 Å². The van der Waals surface area contributed by atoms with Gasteiger partial charge in [0.15, 0.2) is 17.0 Å². The van der Waals surface area contributed by atoms with Gasteiger partial charge in [0.25, 0.3) is 5.91 Å². The van der Waals surface area contributed by atoms with Gasteiger partial charge in [-0.3, -0.25) is 9.59 Å². The summed E-state index contributed by atoms with van der Waals surface area (Å²) in [6.07, 6.45) is 2.79. The molecule has 3 aromatic rings. The lowest BCUT2D eigenvalue weighted by Crippen LogP contribution is -2.68. The minimum absolute atomic E-state index is 0.0127. The zero-order valence-corrected chi connectivity index (χ0v) is 22.3. The quantitative estimate of drug-likeness (QED) is 0.509. The van der Waals surface area contributed by atoms with Crippen molar-refractivity contribution in [3.63, 3.8) is 0 Å². The van der Waals surface area contributed by atoms with Crippen LogP contribution in [-0.2, 0) is 19.9 Å². The first-order valence-corrected chi connectivity index (χ1v) is 13.6. The summed E-state index contributed by atoms with van der Waals surface area (Å²) in [6, 6.07) is 14.1. The van der Waals surface area contributed by atoms with Crippen molar-refractivity contribution < 1.29 is 23.8 Å². The Labute approximate surface area is 222 Å². The van der Waals surface area contributed by atoms with E-state index >= 15 is 0 Å². The van der Waals surface area contributed by atoms with Crippen LogP contribution >= 0.6 is 0 Å². The second kappa shape index (κ2) is 9.66. The molecule has 1 N–H and O–H groups in total. The average molecular weight is 518 g/mol. The molecule has 3 atom stereocenters. The molecule has 0 unspecified atom stereocenters. The van der Waals surface area contributed by atoms with Crippen molar-refractivity contribution in [2.75, 3.05) is 40.0 Å². The molecule has 2 aromatic carbocycles. The third kappa shape index (κ3) is 3.85. The Bertz CT molecular complexity index is 1380. The molecule has 3 aliphatic rings. The number of fused-ring (bicyclic) bond motifs is 5. The first-order chi connectivity index (χ1) is 18.5. The molecule has 8 heteroatoms. The molecule has 0 saturated carbocycles. The number of hydrogen-bond acceptors (Lipinski definition) is 5. The lowest BCUT2D eigenvalue weighted by Gasteiger charge is -2.51. The van der Waals surface area contributed by atoms with E-state index < -0.39 is 5.54 Å². The number of nitrogens with zero attached hydrogens (tertiary/aromatic N) is 2. The number of rotatable bonds is 7. The number of methoxy groups -OCH3 is 1. The minimum Gasteiger partial charge on any atom is -0.493 e. The van der Waals surface area contributed by atoms with Crippen LogP contribution in [0.2, 0.25) is 0 Å². The van der Waals surface area contributed by atoms with Crippen molar-refractivity contribution in [2.45, 2.75) is 50.7 Å². The summed E-state index contributed by atoms with van der Waals surface area (Å²) >= 11 is 0. The van der Waals surface area contributed by atoms with Gasteiger partial charge in [-0.2, -0.15) is 0 Å². The number of piperazine rings is 1. The van der Waals surface area contributed by atoms with Crippen molar-refractivity contribution in [2.24, 2.45) is 0 Å². The number of carbonyl (C=O) groups excluding carboxylic acids is 2. The van der Waals surface area contributed by atoms with Crippen LogP contribution in [0.25, 0.3) is 10.9 Å². The van der Waals surface area contributed by atoms with Crippen LogP contribution in [0, 0.1) is 0 Å². The number of benzene rings is 2. The molecule has 8 nitrogen and oxygen atoms in total. The van der Waals surface area contributed by atoms with Gasteiger partial charge in [-0.1, -0.05) is 31.2 Å². The molecule has 0 spiro atoms. The SMILES string of the molecule is CCCOc1ccc([C@H]2CN3C(=O)CN(C[C@@H]4CCCO4)C(=O)[C@]3(C)c3[nH]c4ccccc4c32)cc1OC. The number of ether oxygens (including phenoxy) is 3. The normalized spacial score (nSPS) is 25.0. The Hall–Kier alpha value is -3.52. The fraction of sp³-hybridized carbons (Fsp3) is 0.467. The first kappa shape index (κ1) is 24.8. The van der Waals surface area contributed by atoms with Gasteiger partial charge >= 0.3 is 0 Å². The van der Waals surface area contributed by atoms with Gasteiger partial charge in [0.05, 0.1) is 32.1 Å². The number of amides is 2. The number of para-hydroxylation sites is 1. The lowest BCUT2D eigenvalue weighted by atomic mass is 9.76. The van der Waals surface area contributed by atoms with Crippen molar-refractivity contribution in [1.82, 2.24) is 14.8 Å². The standard InChI is InChI=1S/C30H35N3O5/c1-4-13-38-24-12-11-19(15-25(24)36-3)22-17-33-26(34)18-32(16-20-8-7-14-37-20)29(35)30(33,2)28-27(22)21-9-5-6-10-23(21)31-28/h5-6,9-12,15,20,22,31H,4,7-8,13-14,16-18H2,1-3H3/t20-,22+,30-/m0/s1. The summed E-state index contributed by atoms with van der Waals surface area (Å²) in [6.45, 7) is 6.20. The maximum absolute atomic E-state index is 14.2. The van der Waals surface area contributed by atoms with Gasteiger partial charge in [-0.25, -0.2) is 0 Å². The molecule has 3 aliphatic heterocycles. The van der Waals surface area contributed by atoms with E-state index in [1.807, 2.05) is 43.3 Å². The third-order valence-electron chi connectivity index (χ3n) is 8.32. The number of aromatic amines is 1. The molecule has 2 fully saturated rings. The van der Waals surface area contributed by atoms with Crippen LogP contribution < -0.4 is 9.47 Å². The monoisotopic (exact) mass is 517 g/mol. The minimum atomic E-state index is -1.12. The molecule has 0 aliphatic carbocycles. The summed E-state index contributed by atoms with van der Waals surface area (Å²) in [5.74, 6) is 1.13. The number of aromatic nitrogens is 1. The van der Waals surface area contributed by atoms with Crippen LogP contribution in [0.1, 0.15) is 55.8 Å². The predicted octanol–water partition coefficient (Wildman–Crippen LogP) is 4.18. The fourth-order valence-electron chi connectivity index (χ4n) is 6.39. The Morgan fingerprint density at radius 1 is 1.16 bits per heavy atom. The average Bonchev–Trinajstić information content (AvgIpc) is 3.59. The Morgan fingerprint density at radius 2 is 2.00 bits per heavy atom. The summed E-state index contributed by atoms with van der Waals surface area (Å²) in [5.41, 5.74) is 2.70. The molecule has 38 heavy (non-hydrogen) atoms. The van der Waals surface area contributed by atoms with Crippen molar-refractivity contribution in [1.29, 1.82) is 0 Å². The van der Waals surface area contributed by atoms with Gasteiger partial charge in [0, 0.05) is 36.5 Å². The van der Waals surface area contributed by atoms with Crippen LogP contribution in [-0.4, -0.2) is 72.7 Å². The van der Waals surface area contributed by atoms with Crippen LogP contribution in [0.15, 0.2) is 42.5 Å². The van der Waals surface area contributed by atoms with E-state index in [1.54, 1.807) is 16.9 Å². The zero-order chi connectivity index (χ0) is 26.4. The maximum Gasteiger partial charge on any atom is 0.255 e. The second-order valence-corrected chi connectivity index (χ2v) is 10.7. The molecule has 4 heterocycles. The number of hydrogen-bond donors (Lipinski definition) is 1. The lowest BCUT2D eigenvalue weighted by molar-refractivity contribution is -0.167. The van der Waals surface area contributed by atoms with E-state index in [2.05, 4.69) is 18.0 Å². The third-order valence-corrected chi connectivity index (χ3v) is 8.32. The van der Waals surface area contributed by atoms with Crippen LogP contribution in [0.4, 0.5) is 0 Å². The van der Waals surface area contributed by atoms with E-state index in [0.717, 1.165) is 47.0 Å². The molecule has 0 radical (unpaired) electrons. The largest absolute Gasteiger partial charge is 0.493 e. The highest BCUT2D eigenvalue weighted by Gasteiger charge is 2.56. The van der Waals surface area contributed by atoms with Crippen LogP contribution in [0.5, 0.6) is 11.5 Å². The first-order valence-electron chi connectivity index (χ1n) is 13.6. The highest BCUT2D eigenvalue weighted by molar-refractivity contribution is 6.01. The summed E-state index contributed by atoms with van der Waals surface area (Å²) in [7, 11) is 1.64. The molecular weight excluding hydrogens is 482 g/mol. The number of carbonyl (C=O) groups is 2. The molecule has 200 valence electrons. The smallest absolute Gasteiger partial charge is 0.255 e. The second-order valence-electron chi connectivity index (χ2n) is 10.7. The zero-order valence-electron chi connectivity index (χ0n) is 22.3. The summed E-state index contributed by atoms with van der Waals surface area (Å²) in [5, 5.41) is 1.06. The molecule has 0 bridgehead atoms. The Morgan fingerprint density at radius 3 is 2.76 bits per heavy atom. The highest BCUT2D eigenvalue weighted by atomic mass is 16.5. The Balaban J connectivity index is 1.46. The molecular formula is C30H35N3O5. The molecule has 2 amide bonds. The summed E-state index contributed by atoms with van der Waals surface area (Å²) < 4.78 is 17.4. The van der Waals surface area contributed by atoms with Gasteiger partial charge in [0.1, 0.15) is 0 Å². The topological polar surface area (TPSA) is 84.1 Å². The molecule has 1 aromatic heterocycles. The maximum atomic E-state index is 14.2. The highest BCUT2D eigenvalue weighted by Crippen LogP contribution is 2.49. The van der Waals surface area contributed by atoms with Gasteiger partial charge in [0.2, 0.25) is 5.91 Å². The fourth-order valence-corrected chi connectivity index (χ4v) is 6.39.